The van der Waals surface area contributed by atoms with Gasteiger partial charge in [-0.25, -0.2) is 4.79 Å². The maximum Gasteiger partial charge on any atom is 0.503 e. The number of hydrogen-bond donors (Lipinski definition) is 2. The van der Waals surface area contributed by atoms with E-state index in [1.807, 2.05) is 12.1 Å². The Kier molecular flexibility index (Phi) is 6.98. The van der Waals surface area contributed by atoms with Crippen LogP contribution in [0.1, 0.15) is 24.0 Å². The predicted octanol–water partition coefficient (Wildman–Crippen LogP) is 4.08. The molecule has 4 nitrogen and oxygen atoms in total. The minimum absolute atomic E-state index is 0.166. The van der Waals surface area contributed by atoms with Crippen molar-refractivity contribution in [3.05, 3.63) is 71.8 Å². The third-order valence-corrected chi connectivity index (χ3v) is 3.16. The Morgan fingerprint density at radius 2 is 1.24 bits per heavy atom. The Labute approximate surface area is 124 Å². The van der Waals surface area contributed by atoms with Gasteiger partial charge in [-0.05, 0) is 18.1 Å². The summed E-state index contributed by atoms with van der Waals surface area (Å²) in [5.41, 5.74) is 2.60. The van der Waals surface area contributed by atoms with Crippen LogP contribution in [0.4, 0.5) is 4.79 Å². The molecular formula is C17H20O4. The van der Waals surface area contributed by atoms with E-state index in [1.54, 1.807) is 7.11 Å². The van der Waals surface area contributed by atoms with Crippen LogP contribution in [0.25, 0.3) is 0 Å². The Balaban J connectivity index is 0.000000491. The Bertz CT molecular complexity index is 482. The minimum Gasteiger partial charge on any atom is -0.450 e. The molecule has 0 aliphatic carbocycles. The summed E-state index contributed by atoms with van der Waals surface area (Å²) in [6, 6.07) is 21.0. The average molecular weight is 288 g/mol. The molecule has 2 N–H and O–H groups in total. The smallest absolute Gasteiger partial charge is 0.450 e. The number of rotatable bonds is 4. The van der Waals surface area contributed by atoms with E-state index in [0.717, 1.165) is 0 Å². The first-order valence-electron chi connectivity index (χ1n) is 6.60. The molecule has 0 spiro atoms. The summed E-state index contributed by atoms with van der Waals surface area (Å²) < 4.78 is 5.52. The molecule has 0 aliphatic heterocycles. The van der Waals surface area contributed by atoms with E-state index >= 15 is 0 Å². The topological polar surface area (TPSA) is 66.8 Å². The van der Waals surface area contributed by atoms with Crippen LogP contribution < -0.4 is 0 Å². The van der Waals surface area contributed by atoms with Crippen molar-refractivity contribution < 1.29 is 19.7 Å². The van der Waals surface area contributed by atoms with Crippen molar-refractivity contribution >= 4 is 6.16 Å². The predicted molar refractivity (Wildman–Crippen MR) is 81.9 cm³/mol. The molecule has 0 radical (unpaired) electrons. The maximum atomic E-state index is 8.56. The molecule has 0 saturated carbocycles. The van der Waals surface area contributed by atoms with E-state index in [9.17, 15) is 0 Å². The molecule has 0 aliphatic rings. The van der Waals surface area contributed by atoms with Gasteiger partial charge in [0.05, 0.1) is 6.10 Å². The molecule has 21 heavy (non-hydrogen) atoms. The number of methoxy groups -OCH3 is 1. The van der Waals surface area contributed by atoms with Crippen LogP contribution >= 0.6 is 0 Å². The second kappa shape index (κ2) is 8.76. The molecule has 2 aromatic rings. The number of ether oxygens (including phenoxy) is 1. The van der Waals surface area contributed by atoms with Gasteiger partial charge in [0, 0.05) is 13.0 Å². The fourth-order valence-electron chi connectivity index (χ4n) is 2.19. The van der Waals surface area contributed by atoms with Crippen LogP contribution in [-0.2, 0) is 4.74 Å². The summed E-state index contributed by atoms with van der Waals surface area (Å²) in [4.78, 5) is 8.56. The van der Waals surface area contributed by atoms with Crippen LogP contribution in [0, 0.1) is 0 Å². The molecule has 0 amide bonds. The first-order chi connectivity index (χ1) is 10.1. The lowest BCUT2D eigenvalue weighted by molar-refractivity contribution is 0.104. The Hall–Kier alpha value is -2.33. The lowest BCUT2D eigenvalue weighted by atomic mass is 9.87. The average Bonchev–Trinajstić information content (AvgIpc) is 2.49. The van der Waals surface area contributed by atoms with Crippen molar-refractivity contribution in [3.8, 4) is 0 Å². The molecule has 2 aromatic carbocycles. The summed E-state index contributed by atoms with van der Waals surface area (Å²) in [5.74, 6) is 0.294. The largest absolute Gasteiger partial charge is 0.503 e. The summed E-state index contributed by atoms with van der Waals surface area (Å²) in [5, 5.41) is 13.9. The van der Waals surface area contributed by atoms with Crippen molar-refractivity contribution in [2.45, 2.75) is 18.9 Å². The molecule has 112 valence electrons. The standard InChI is InChI=1S/C16H18O.CH2O3/c1-13(17-2)16(14-9-5-3-6-10-14)15-11-7-4-8-12-15;2-1(3)4/h3-13,16H,1-2H3;(H2,2,3,4). The summed E-state index contributed by atoms with van der Waals surface area (Å²) >= 11 is 0. The zero-order valence-electron chi connectivity index (χ0n) is 12.1. The second-order valence-electron chi connectivity index (χ2n) is 4.52. The lowest BCUT2D eigenvalue weighted by Crippen LogP contribution is -2.18. The van der Waals surface area contributed by atoms with Gasteiger partial charge in [-0.2, -0.15) is 0 Å². The van der Waals surface area contributed by atoms with Crippen LogP contribution in [0.3, 0.4) is 0 Å². The summed E-state index contributed by atoms with van der Waals surface area (Å²) in [6.45, 7) is 2.12. The number of carboxylic acid groups (broad SMARTS) is 2. The van der Waals surface area contributed by atoms with Crippen LogP contribution in [0.15, 0.2) is 60.7 Å². The van der Waals surface area contributed by atoms with Crippen molar-refractivity contribution in [2.24, 2.45) is 0 Å². The lowest BCUT2D eigenvalue weighted by Gasteiger charge is -2.23. The number of benzene rings is 2. The number of carbonyl (C=O) groups is 1. The van der Waals surface area contributed by atoms with Gasteiger partial charge < -0.3 is 14.9 Å². The fraction of sp³-hybridized carbons (Fsp3) is 0.235. The van der Waals surface area contributed by atoms with E-state index in [2.05, 4.69) is 55.5 Å². The zero-order chi connectivity index (χ0) is 15.7. The van der Waals surface area contributed by atoms with E-state index in [4.69, 9.17) is 19.7 Å². The minimum atomic E-state index is -1.83. The van der Waals surface area contributed by atoms with Crippen molar-refractivity contribution in [3.63, 3.8) is 0 Å². The number of hydrogen-bond acceptors (Lipinski definition) is 2. The Morgan fingerprint density at radius 3 is 1.52 bits per heavy atom. The highest BCUT2D eigenvalue weighted by atomic mass is 16.6. The SMILES string of the molecule is COC(C)C(c1ccccc1)c1ccccc1.O=C(O)O. The van der Waals surface area contributed by atoms with E-state index in [-0.39, 0.29) is 6.10 Å². The summed E-state index contributed by atoms with van der Waals surface area (Å²) in [6.07, 6.45) is -1.67. The van der Waals surface area contributed by atoms with Gasteiger partial charge in [-0.1, -0.05) is 60.7 Å². The molecular weight excluding hydrogens is 268 g/mol. The molecule has 0 bridgehead atoms. The quantitative estimate of drug-likeness (QED) is 0.889. The second-order valence-corrected chi connectivity index (χ2v) is 4.52. The van der Waals surface area contributed by atoms with E-state index < -0.39 is 6.16 Å². The molecule has 4 heteroatoms. The highest BCUT2D eigenvalue weighted by Gasteiger charge is 2.20. The molecule has 2 rings (SSSR count). The van der Waals surface area contributed by atoms with E-state index in [0.29, 0.717) is 5.92 Å². The van der Waals surface area contributed by atoms with Crippen LogP contribution in [-0.4, -0.2) is 29.6 Å². The summed E-state index contributed by atoms with van der Waals surface area (Å²) in [7, 11) is 1.77. The van der Waals surface area contributed by atoms with Crippen LogP contribution in [0.2, 0.25) is 0 Å². The van der Waals surface area contributed by atoms with Crippen LogP contribution in [0.5, 0.6) is 0 Å². The third-order valence-electron chi connectivity index (χ3n) is 3.16. The van der Waals surface area contributed by atoms with Gasteiger partial charge in [0.1, 0.15) is 0 Å². The first kappa shape index (κ1) is 16.7. The van der Waals surface area contributed by atoms with Crippen molar-refractivity contribution in [1.82, 2.24) is 0 Å². The molecule has 0 aromatic heterocycles. The van der Waals surface area contributed by atoms with Crippen molar-refractivity contribution in [1.29, 1.82) is 0 Å². The molecule has 0 fully saturated rings. The first-order valence-corrected chi connectivity index (χ1v) is 6.60. The monoisotopic (exact) mass is 288 g/mol. The van der Waals surface area contributed by atoms with Gasteiger partial charge in [0.2, 0.25) is 0 Å². The normalized spacial score (nSPS) is 11.4. The van der Waals surface area contributed by atoms with Gasteiger partial charge in [0.15, 0.2) is 0 Å². The fourth-order valence-corrected chi connectivity index (χ4v) is 2.19. The van der Waals surface area contributed by atoms with E-state index in [1.165, 1.54) is 11.1 Å². The molecule has 1 atom stereocenters. The van der Waals surface area contributed by atoms with Gasteiger partial charge in [0.25, 0.3) is 0 Å². The van der Waals surface area contributed by atoms with Crippen molar-refractivity contribution in [2.75, 3.05) is 7.11 Å². The van der Waals surface area contributed by atoms with Gasteiger partial charge >= 0.3 is 6.16 Å². The highest BCUT2D eigenvalue weighted by molar-refractivity contribution is 5.53. The molecule has 0 saturated heterocycles. The zero-order valence-corrected chi connectivity index (χ0v) is 12.1. The van der Waals surface area contributed by atoms with Gasteiger partial charge in [-0.15, -0.1) is 0 Å². The molecule has 0 heterocycles. The van der Waals surface area contributed by atoms with Gasteiger partial charge in [-0.3, -0.25) is 0 Å². The highest BCUT2D eigenvalue weighted by Crippen LogP contribution is 2.29. The Morgan fingerprint density at radius 1 is 0.905 bits per heavy atom. The maximum absolute atomic E-state index is 8.56. The molecule has 1 unspecified atom stereocenters. The third kappa shape index (κ3) is 5.67.